The zero-order valence-corrected chi connectivity index (χ0v) is 11.1. The van der Waals surface area contributed by atoms with E-state index in [1.807, 2.05) is 12.3 Å². The molecule has 0 saturated heterocycles. The molecule has 1 heterocycles. The van der Waals surface area contributed by atoms with Crippen molar-refractivity contribution in [2.45, 2.75) is 13.0 Å². The minimum absolute atomic E-state index is 0.231. The van der Waals surface area contributed by atoms with Gasteiger partial charge >= 0.3 is 0 Å². The third kappa shape index (κ3) is 2.65. The van der Waals surface area contributed by atoms with Crippen LogP contribution in [0, 0.1) is 12.7 Å². The molecule has 17 heavy (non-hydrogen) atoms. The Morgan fingerprint density at radius 3 is 2.76 bits per heavy atom. The summed E-state index contributed by atoms with van der Waals surface area (Å²) in [4.78, 5) is 4.38. The first-order valence-corrected chi connectivity index (χ1v) is 6.42. The Morgan fingerprint density at radius 1 is 1.47 bits per heavy atom. The lowest BCUT2D eigenvalue weighted by molar-refractivity contribution is 0.575. The summed E-state index contributed by atoms with van der Waals surface area (Å²) in [6.45, 7) is 1.92. The Labute approximate surface area is 108 Å². The molecule has 1 aromatic carbocycles. The second kappa shape index (κ2) is 5.12. The van der Waals surface area contributed by atoms with Crippen LogP contribution in [0.25, 0.3) is 0 Å². The minimum atomic E-state index is -0.315. The van der Waals surface area contributed by atoms with Gasteiger partial charge in [-0.05, 0) is 26.1 Å². The van der Waals surface area contributed by atoms with Crippen LogP contribution < -0.4 is 5.32 Å². The molecule has 90 valence electrons. The van der Waals surface area contributed by atoms with Crippen molar-refractivity contribution < 1.29 is 4.39 Å². The van der Waals surface area contributed by atoms with E-state index in [1.165, 1.54) is 17.4 Å². The topological polar surface area (TPSA) is 24.9 Å². The molecular formula is C12H12ClFN2S. The van der Waals surface area contributed by atoms with Gasteiger partial charge in [-0.25, -0.2) is 9.37 Å². The molecule has 0 bridgehead atoms. The molecule has 0 aliphatic carbocycles. The van der Waals surface area contributed by atoms with E-state index < -0.39 is 0 Å². The lowest BCUT2D eigenvalue weighted by atomic mass is 10.1. The summed E-state index contributed by atoms with van der Waals surface area (Å²) in [5.74, 6) is -0.315. The van der Waals surface area contributed by atoms with Crippen molar-refractivity contribution in [3.05, 3.63) is 50.7 Å². The normalized spacial score (nSPS) is 12.7. The number of aryl methyl sites for hydroxylation is 1. The van der Waals surface area contributed by atoms with Gasteiger partial charge in [-0.2, -0.15) is 0 Å². The number of nitrogens with one attached hydrogen (secondary N) is 1. The van der Waals surface area contributed by atoms with Crippen molar-refractivity contribution in [2.24, 2.45) is 0 Å². The maximum Gasteiger partial charge on any atom is 0.129 e. The average molecular weight is 271 g/mol. The fourth-order valence-electron chi connectivity index (χ4n) is 1.65. The van der Waals surface area contributed by atoms with Gasteiger partial charge in [0.05, 0.1) is 6.04 Å². The van der Waals surface area contributed by atoms with E-state index in [2.05, 4.69) is 10.3 Å². The van der Waals surface area contributed by atoms with Crippen LogP contribution in [0.4, 0.5) is 4.39 Å². The molecule has 1 aromatic heterocycles. The van der Waals surface area contributed by atoms with Crippen molar-refractivity contribution in [3.8, 4) is 0 Å². The monoisotopic (exact) mass is 270 g/mol. The molecule has 0 aliphatic rings. The van der Waals surface area contributed by atoms with Crippen molar-refractivity contribution in [3.63, 3.8) is 0 Å². The molecule has 5 heteroatoms. The number of halogens is 2. The van der Waals surface area contributed by atoms with Crippen LogP contribution in [0.5, 0.6) is 0 Å². The summed E-state index contributed by atoms with van der Waals surface area (Å²) in [7, 11) is 1.79. The van der Waals surface area contributed by atoms with Gasteiger partial charge in [0.15, 0.2) is 0 Å². The van der Waals surface area contributed by atoms with Gasteiger partial charge in [0.1, 0.15) is 10.8 Å². The third-order valence-electron chi connectivity index (χ3n) is 2.45. The molecule has 2 nitrogen and oxygen atoms in total. The van der Waals surface area contributed by atoms with E-state index in [4.69, 9.17) is 11.6 Å². The largest absolute Gasteiger partial charge is 0.307 e. The predicted molar refractivity (Wildman–Crippen MR) is 69.2 cm³/mol. The summed E-state index contributed by atoms with van der Waals surface area (Å²) in [5.41, 5.74) is 1.51. The van der Waals surface area contributed by atoms with Gasteiger partial charge in [0, 0.05) is 21.7 Å². The van der Waals surface area contributed by atoms with Crippen molar-refractivity contribution in [1.29, 1.82) is 0 Å². The fraction of sp³-hybridized carbons (Fsp3) is 0.250. The molecule has 2 rings (SSSR count). The number of rotatable bonds is 3. The molecule has 2 aromatic rings. The first kappa shape index (κ1) is 12.5. The first-order valence-electron chi connectivity index (χ1n) is 5.16. The highest BCUT2D eigenvalue weighted by Crippen LogP contribution is 2.28. The molecule has 0 saturated carbocycles. The van der Waals surface area contributed by atoms with Crippen molar-refractivity contribution >= 4 is 22.9 Å². The van der Waals surface area contributed by atoms with Crippen LogP contribution >= 0.6 is 22.9 Å². The summed E-state index contributed by atoms with van der Waals surface area (Å²) in [6.07, 6.45) is 0. The van der Waals surface area contributed by atoms with Crippen molar-refractivity contribution in [2.75, 3.05) is 7.05 Å². The highest BCUT2D eigenvalue weighted by Gasteiger charge is 2.19. The Balaban J connectivity index is 2.42. The molecule has 0 amide bonds. The Bertz CT molecular complexity index is 527. The van der Waals surface area contributed by atoms with Gasteiger partial charge in [-0.15, -0.1) is 11.3 Å². The molecule has 0 spiro atoms. The van der Waals surface area contributed by atoms with Crippen LogP contribution in [-0.4, -0.2) is 12.0 Å². The van der Waals surface area contributed by atoms with Gasteiger partial charge in [0.2, 0.25) is 0 Å². The lowest BCUT2D eigenvalue weighted by Crippen LogP contribution is -2.18. The average Bonchev–Trinajstić information content (AvgIpc) is 2.69. The molecule has 0 radical (unpaired) electrons. The number of thiazole rings is 1. The van der Waals surface area contributed by atoms with Crippen LogP contribution in [0.1, 0.15) is 22.3 Å². The van der Waals surface area contributed by atoms with Gasteiger partial charge in [0.25, 0.3) is 0 Å². The highest BCUT2D eigenvalue weighted by molar-refractivity contribution is 7.09. The Hall–Kier alpha value is -0.970. The summed E-state index contributed by atoms with van der Waals surface area (Å²) < 4.78 is 13.8. The number of benzene rings is 1. The first-order chi connectivity index (χ1) is 8.11. The van der Waals surface area contributed by atoms with Crippen LogP contribution in [0.15, 0.2) is 23.6 Å². The Morgan fingerprint density at radius 2 is 2.24 bits per heavy atom. The molecule has 1 N–H and O–H groups in total. The number of hydrogen-bond acceptors (Lipinski definition) is 3. The van der Waals surface area contributed by atoms with E-state index in [0.717, 1.165) is 10.7 Å². The predicted octanol–water partition coefficient (Wildman–Crippen LogP) is 3.55. The second-order valence-electron chi connectivity index (χ2n) is 3.71. The third-order valence-corrected chi connectivity index (χ3v) is 3.71. The van der Waals surface area contributed by atoms with Gasteiger partial charge < -0.3 is 5.32 Å². The SMILES string of the molecule is CNC(c1nc(C)cs1)c1ccc(Cl)cc1F. The van der Waals surface area contributed by atoms with Crippen LogP contribution in [0.3, 0.4) is 0 Å². The number of hydrogen-bond donors (Lipinski definition) is 1. The molecular weight excluding hydrogens is 259 g/mol. The lowest BCUT2D eigenvalue weighted by Gasteiger charge is -2.14. The van der Waals surface area contributed by atoms with E-state index in [1.54, 1.807) is 19.2 Å². The molecule has 0 fully saturated rings. The summed E-state index contributed by atoms with van der Waals surface area (Å²) >= 11 is 7.26. The summed E-state index contributed by atoms with van der Waals surface area (Å²) in [5, 5.41) is 6.28. The van der Waals surface area contributed by atoms with Gasteiger partial charge in [-0.1, -0.05) is 17.7 Å². The zero-order valence-electron chi connectivity index (χ0n) is 9.50. The van der Waals surface area contributed by atoms with Gasteiger partial charge in [-0.3, -0.25) is 0 Å². The second-order valence-corrected chi connectivity index (χ2v) is 5.04. The van der Waals surface area contributed by atoms with Crippen LogP contribution in [0.2, 0.25) is 5.02 Å². The summed E-state index contributed by atoms with van der Waals surface area (Å²) in [6, 6.07) is 4.47. The molecule has 1 atom stereocenters. The Kier molecular flexibility index (Phi) is 3.76. The fourth-order valence-corrected chi connectivity index (χ4v) is 2.73. The van der Waals surface area contributed by atoms with E-state index >= 15 is 0 Å². The molecule has 1 unspecified atom stereocenters. The number of aromatic nitrogens is 1. The quantitative estimate of drug-likeness (QED) is 0.923. The van der Waals surface area contributed by atoms with E-state index in [0.29, 0.717) is 10.6 Å². The standard InChI is InChI=1S/C12H12ClFN2S/c1-7-6-17-12(16-7)11(15-2)9-4-3-8(13)5-10(9)14/h3-6,11,15H,1-2H3. The van der Waals surface area contributed by atoms with Crippen molar-refractivity contribution in [1.82, 2.24) is 10.3 Å². The zero-order chi connectivity index (χ0) is 12.4. The minimum Gasteiger partial charge on any atom is -0.307 e. The van der Waals surface area contributed by atoms with Crippen LogP contribution in [-0.2, 0) is 0 Å². The smallest absolute Gasteiger partial charge is 0.129 e. The van der Waals surface area contributed by atoms with E-state index in [-0.39, 0.29) is 11.9 Å². The number of nitrogens with zero attached hydrogens (tertiary/aromatic N) is 1. The highest BCUT2D eigenvalue weighted by atomic mass is 35.5. The molecule has 0 aliphatic heterocycles. The maximum absolute atomic E-state index is 13.8. The maximum atomic E-state index is 13.8. The van der Waals surface area contributed by atoms with E-state index in [9.17, 15) is 4.39 Å².